The van der Waals surface area contributed by atoms with Crippen LogP contribution in [0.5, 0.6) is 5.75 Å². The van der Waals surface area contributed by atoms with E-state index < -0.39 is 22.0 Å². The Balaban J connectivity index is 1.66. The van der Waals surface area contributed by atoms with E-state index in [1.165, 1.54) is 28.6 Å². The van der Waals surface area contributed by atoms with Gasteiger partial charge >= 0.3 is 0 Å². The molecule has 1 fully saturated rings. The topological polar surface area (TPSA) is 114 Å². The van der Waals surface area contributed by atoms with E-state index in [2.05, 4.69) is 10.6 Å². The number of methoxy groups -OCH3 is 1. The van der Waals surface area contributed by atoms with Gasteiger partial charge in [0.1, 0.15) is 11.8 Å². The van der Waals surface area contributed by atoms with Crippen LogP contribution < -0.4 is 15.4 Å². The Labute approximate surface area is 194 Å². The van der Waals surface area contributed by atoms with Gasteiger partial charge in [0, 0.05) is 24.3 Å². The lowest BCUT2D eigenvalue weighted by Crippen LogP contribution is -2.47. The molecule has 2 amide bonds. The Kier molecular flexibility index (Phi) is 8.06. The van der Waals surface area contributed by atoms with E-state index in [-0.39, 0.29) is 16.7 Å². The standard InChI is InChI=1S/C23H29N3O6S/c1-16(2)21(25-22(27)17-4-8-19(31-3)9-5-17)23(28)24-18-6-10-20(11-7-18)33(29,30)26-12-14-32-15-13-26/h4-11,16,21H,12-15H2,1-3H3,(H,24,28)(H,25,27)/t21-/m1/s1. The fraction of sp³-hybridized carbons (Fsp3) is 0.391. The van der Waals surface area contributed by atoms with Crippen molar-refractivity contribution in [3.63, 3.8) is 0 Å². The van der Waals surface area contributed by atoms with Gasteiger partial charge in [0.05, 0.1) is 25.2 Å². The number of morpholine rings is 1. The van der Waals surface area contributed by atoms with Crippen molar-refractivity contribution in [1.29, 1.82) is 0 Å². The molecule has 1 heterocycles. The van der Waals surface area contributed by atoms with Crippen molar-refractivity contribution >= 4 is 27.5 Å². The van der Waals surface area contributed by atoms with Crippen LogP contribution in [0.25, 0.3) is 0 Å². The molecule has 0 saturated carbocycles. The molecule has 0 spiro atoms. The van der Waals surface area contributed by atoms with Crippen LogP contribution >= 0.6 is 0 Å². The normalized spacial score (nSPS) is 15.6. The zero-order chi connectivity index (χ0) is 24.0. The molecule has 0 radical (unpaired) electrons. The molecule has 3 rings (SSSR count). The van der Waals surface area contributed by atoms with Crippen molar-refractivity contribution in [2.75, 3.05) is 38.7 Å². The highest BCUT2D eigenvalue weighted by atomic mass is 32.2. The average molecular weight is 476 g/mol. The third-order valence-electron chi connectivity index (χ3n) is 5.32. The number of amides is 2. The maximum absolute atomic E-state index is 12.9. The number of carbonyl (C=O) groups excluding carboxylic acids is 2. The first-order chi connectivity index (χ1) is 15.7. The van der Waals surface area contributed by atoms with Crippen molar-refractivity contribution in [2.45, 2.75) is 24.8 Å². The van der Waals surface area contributed by atoms with E-state index in [0.29, 0.717) is 43.3 Å². The summed E-state index contributed by atoms with van der Waals surface area (Å²) in [5.41, 5.74) is 0.845. The Morgan fingerprint density at radius 1 is 1.00 bits per heavy atom. The molecule has 1 aliphatic rings. The molecule has 0 unspecified atom stereocenters. The van der Waals surface area contributed by atoms with Crippen LogP contribution in [0.2, 0.25) is 0 Å². The summed E-state index contributed by atoms with van der Waals surface area (Å²) in [5.74, 6) is -0.314. The van der Waals surface area contributed by atoms with Gasteiger partial charge in [-0.15, -0.1) is 0 Å². The summed E-state index contributed by atoms with van der Waals surface area (Å²) in [6.45, 7) is 5.01. The molecule has 10 heteroatoms. The van der Waals surface area contributed by atoms with Gasteiger partial charge in [-0.2, -0.15) is 4.31 Å². The Morgan fingerprint density at radius 3 is 2.15 bits per heavy atom. The highest BCUT2D eigenvalue weighted by molar-refractivity contribution is 7.89. The molecule has 178 valence electrons. The maximum atomic E-state index is 12.9. The summed E-state index contributed by atoms with van der Waals surface area (Å²) in [7, 11) is -2.07. The SMILES string of the molecule is COc1ccc(C(=O)N[C@@H](C(=O)Nc2ccc(S(=O)(=O)N3CCOCC3)cc2)C(C)C)cc1. The second-order valence-electron chi connectivity index (χ2n) is 7.95. The van der Waals surface area contributed by atoms with Crippen molar-refractivity contribution in [2.24, 2.45) is 5.92 Å². The zero-order valence-electron chi connectivity index (χ0n) is 18.9. The summed E-state index contributed by atoms with van der Waals surface area (Å²) in [4.78, 5) is 25.6. The predicted molar refractivity (Wildman–Crippen MR) is 124 cm³/mol. The number of nitrogens with zero attached hydrogens (tertiary/aromatic N) is 1. The van der Waals surface area contributed by atoms with E-state index in [9.17, 15) is 18.0 Å². The van der Waals surface area contributed by atoms with Gasteiger partial charge in [-0.1, -0.05) is 13.8 Å². The van der Waals surface area contributed by atoms with Crippen molar-refractivity contribution in [3.8, 4) is 5.75 Å². The first-order valence-electron chi connectivity index (χ1n) is 10.7. The highest BCUT2D eigenvalue weighted by Crippen LogP contribution is 2.20. The van der Waals surface area contributed by atoms with Gasteiger partial charge < -0.3 is 20.1 Å². The van der Waals surface area contributed by atoms with Gasteiger partial charge in [-0.05, 0) is 54.4 Å². The Hall–Kier alpha value is -2.95. The Bertz CT molecular complexity index is 1060. The third-order valence-corrected chi connectivity index (χ3v) is 7.23. The summed E-state index contributed by atoms with van der Waals surface area (Å²) >= 11 is 0. The smallest absolute Gasteiger partial charge is 0.251 e. The van der Waals surface area contributed by atoms with Gasteiger partial charge in [0.2, 0.25) is 15.9 Å². The van der Waals surface area contributed by atoms with E-state index >= 15 is 0 Å². The van der Waals surface area contributed by atoms with Crippen LogP contribution in [-0.4, -0.2) is 64.0 Å². The molecule has 33 heavy (non-hydrogen) atoms. The van der Waals surface area contributed by atoms with Crippen LogP contribution in [0.3, 0.4) is 0 Å². The highest BCUT2D eigenvalue weighted by Gasteiger charge is 2.27. The second-order valence-corrected chi connectivity index (χ2v) is 9.89. The molecule has 2 N–H and O–H groups in total. The lowest BCUT2D eigenvalue weighted by Gasteiger charge is -2.26. The summed E-state index contributed by atoms with van der Waals surface area (Å²) in [6, 6.07) is 11.8. The summed E-state index contributed by atoms with van der Waals surface area (Å²) in [5, 5.41) is 5.52. The molecular weight excluding hydrogens is 446 g/mol. The quantitative estimate of drug-likeness (QED) is 0.605. The van der Waals surface area contributed by atoms with Crippen molar-refractivity contribution < 1.29 is 27.5 Å². The monoisotopic (exact) mass is 475 g/mol. The van der Waals surface area contributed by atoms with Gasteiger partial charge in [-0.3, -0.25) is 9.59 Å². The maximum Gasteiger partial charge on any atom is 0.251 e. The van der Waals surface area contributed by atoms with Crippen LogP contribution in [0.4, 0.5) is 5.69 Å². The van der Waals surface area contributed by atoms with E-state index in [1.54, 1.807) is 31.4 Å². The molecular formula is C23H29N3O6S. The van der Waals surface area contributed by atoms with Crippen LogP contribution in [0.1, 0.15) is 24.2 Å². The van der Waals surface area contributed by atoms with Crippen LogP contribution in [0.15, 0.2) is 53.4 Å². The number of hydrogen-bond acceptors (Lipinski definition) is 6. The molecule has 1 aliphatic heterocycles. The molecule has 0 aromatic heterocycles. The molecule has 1 saturated heterocycles. The Morgan fingerprint density at radius 2 is 1.61 bits per heavy atom. The number of rotatable bonds is 8. The largest absolute Gasteiger partial charge is 0.497 e. The first-order valence-corrected chi connectivity index (χ1v) is 12.1. The van der Waals surface area contributed by atoms with Crippen molar-refractivity contribution in [3.05, 3.63) is 54.1 Å². The number of nitrogens with one attached hydrogen (secondary N) is 2. The van der Waals surface area contributed by atoms with Crippen LogP contribution in [0, 0.1) is 5.92 Å². The van der Waals surface area contributed by atoms with Crippen molar-refractivity contribution in [1.82, 2.24) is 9.62 Å². The minimum Gasteiger partial charge on any atom is -0.497 e. The fourth-order valence-electron chi connectivity index (χ4n) is 3.37. The molecule has 2 aromatic carbocycles. The average Bonchev–Trinajstić information content (AvgIpc) is 2.83. The third kappa shape index (κ3) is 6.10. The molecule has 0 bridgehead atoms. The van der Waals surface area contributed by atoms with Gasteiger partial charge in [-0.25, -0.2) is 8.42 Å². The number of sulfonamides is 1. The lowest BCUT2D eigenvalue weighted by molar-refractivity contribution is -0.118. The minimum absolute atomic E-state index is 0.149. The predicted octanol–water partition coefficient (Wildman–Crippen LogP) is 2.11. The minimum atomic E-state index is -3.61. The number of anilines is 1. The lowest BCUT2D eigenvalue weighted by atomic mass is 10.0. The second kappa shape index (κ2) is 10.8. The number of ether oxygens (including phenoxy) is 2. The van der Waals surface area contributed by atoms with Gasteiger partial charge in [0.25, 0.3) is 5.91 Å². The van der Waals surface area contributed by atoms with E-state index in [4.69, 9.17) is 9.47 Å². The van der Waals surface area contributed by atoms with E-state index in [1.807, 2.05) is 13.8 Å². The molecule has 9 nitrogen and oxygen atoms in total. The first kappa shape index (κ1) is 24.7. The molecule has 2 aromatic rings. The summed E-state index contributed by atoms with van der Waals surface area (Å²) in [6.07, 6.45) is 0. The number of benzene rings is 2. The molecule has 0 aliphatic carbocycles. The number of hydrogen-bond donors (Lipinski definition) is 2. The zero-order valence-corrected chi connectivity index (χ0v) is 19.7. The van der Waals surface area contributed by atoms with Crippen LogP contribution in [-0.2, 0) is 19.6 Å². The number of carbonyl (C=O) groups is 2. The summed E-state index contributed by atoms with van der Waals surface area (Å²) < 4.78 is 37.2. The fourth-order valence-corrected chi connectivity index (χ4v) is 4.78. The van der Waals surface area contributed by atoms with E-state index in [0.717, 1.165) is 0 Å². The molecule has 1 atom stereocenters. The van der Waals surface area contributed by atoms with Gasteiger partial charge in [0.15, 0.2) is 0 Å².